The Labute approximate surface area is 136 Å². The second kappa shape index (κ2) is 7.45. The van der Waals surface area contributed by atoms with E-state index in [1.807, 2.05) is 24.3 Å². The third kappa shape index (κ3) is 5.04. The maximum Gasteiger partial charge on any atom is 0.250 e. The van der Waals surface area contributed by atoms with Crippen LogP contribution in [0.25, 0.3) is 0 Å². The van der Waals surface area contributed by atoms with Crippen molar-refractivity contribution in [3.63, 3.8) is 0 Å². The van der Waals surface area contributed by atoms with Crippen molar-refractivity contribution in [2.45, 2.75) is 6.61 Å². The van der Waals surface area contributed by atoms with E-state index in [2.05, 4.69) is 21.2 Å². The number of halogens is 2. The number of nitrogens with one attached hydrogen (secondary N) is 1. The van der Waals surface area contributed by atoms with Crippen LogP contribution in [0.4, 0.5) is 11.4 Å². The first-order valence-corrected chi connectivity index (χ1v) is 7.39. The summed E-state index contributed by atoms with van der Waals surface area (Å²) in [6.07, 6.45) is 0. The first-order chi connectivity index (χ1) is 10.0. The molecule has 2 aromatic rings. The van der Waals surface area contributed by atoms with Gasteiger partial charge in [0.05, 0.1) is 17.3 Å². The molecule has 21 heavy (non-hydrogen) atoms. The van der Waals surface area contributed by atoms with E-state index in [4.69, 9.17) is 22.1 Å². The van der Waals surface area contributed by atoms with E-state index in [0.29, 0.717) is 23.0 Å². The van der Waals surface area contributed by atoms with E-state index >= 15 is 0 Å². The van der Waals surface area contributed by atoms with Gasteiger partial charge in [0.2, 0.25) is 5.91 Å². The molecule has 0 spiro atoms. The predicted molar refractivity (Wildman–Crippen MR) is 88.3 cm³/mol. The van der Waals surface area contributed by atoms with Gasteiger partial charge >= 0.3 is 0 Å². The predicted octanol–water partition coefficient (Wildman–Crippen LogP) is 3.84. The van der Waals surface area contributed by atoms with Gasteiger partial charge in [0.25, 0.3) is 0 Å². The highest BCUT2D eigenvalue weighted by atomic mass is 79.9. The molecule has 0 saturated carbocycles. The molecule has 0 aliphatic carbocycles. The largest absolute Gasteiger partial charge is 0.397 e. The highest BCUT2D eigenvalue weighted by molar-refractivity contribution is 9.10. The normalized spacial score (nSPS) is 10.4. The lowest BCUT2D eigenvalue weighted by atomic mass is 10.2. The second-order valence-electron chi connectivity index (χ2n) is 4.41. The number of carbonyl (C=O) groups excluding carboxylic acids is 1. The van der Waals surface area contributed by atoms with Crippen LogP contribution in [0.15, 0.2) is 46.9 Å². The fraction of sp³-hybridized carbons (Fsp3) is 0.133. The number of nitrogen functional groups attached to an aromatic ring is 1. The number of rotatable bonds is 5. The zero-order valence-electron chi connectivity index (χ0n) is 11.1. The van der Waals surface area contributed by atoms with Crippen molar-refractivity contribution >= 4 is 44.8 Å². The van der Waals surface area contributed by atoms with Crippen LogP contribution in [-0.4, -0.2) is 12.5 Å². The number of hydrogen-bond acceptors (Lipinski definition) is 3. The lowest BCUT2D eigenvalue weighted by Gasteiger charge is -2.08. The van der Waals surface area contributed by atoms with Crippen molar-refractivity contribution in [2.24, 2.45) is 0 Å². The van der Waals surface area contributed by atoms with E-state index in [9.17, 15) is 4.79 Å². The van der Waals surface area contributed by atoms with Crippen molar-refractivity contribution < 1.29 is 9.53 Å². The van der Waals surface area contributed by atoms with Gasteiger partial charge in [-0.1, -0.05) is 39.7 Å². The second-order valence-corrected chi connectivity index (χ2v) is 5.73. The van der Waals surface area contributed by atoms with Crippen molar-refractivity contribution in [3.8, 4) is 0 Å². The summed E-state index contributed by atoms with van der Waals surface area (Å²) in [5, 5.41) is 3.15. The number of carbonyl (C=O) groups is 1. The lowest BCUT2D eigenvalue weighted by molar-refractivity contribution is -0.121. The number of benzene rings is 2. The van der Waals surface area contributed by atoms with Crippen LogP contribution in [-0.2, 0) is 16.1 Å². The topological polar surface area (TPSA) is 64.3 Å². The number of nitrogens with two attached hydrogens (primary N) is 1. The van der Waals surface area contributed by atoms with E-state index < -0.39 is 0 Å². The van der Waals surface area contributed by atoms with E-state index in [-0.39, 0.29) is 12.5 Å². The smallest absolute Gasteiger partial charge is 0.250 e. The monoisotopic (exact) mass is 368 g/mol. The summed E-state index contributed by atoms with van der Waals surface area (Å²) >= 11 is 9.20. The average Bonchev–Trinajstić information content (AvgIpc) is 2.43. The van der Waals surface area contributed by atoms with Gasteiger partial charge in [0, 0.05) is 10.2 Å². The molecule has 2 rings (SSSR count). The molecule has 0 unspecified atom stereocenters. The molecule has 6 heteroatoms. The number of amides is 1. The fourth-order valence-electron chi connectivity index (χ4n) is 1.71. The van der Waals surface area contributed by atoms with Crippen LogP contribution >= 0.6 is 27.5 Å². The minimum atomic E-state index is -0.244. The molecular weight excluding hydrogens is 356 g/mol. The zero-order chi connectivity index (χ0) is 15.2. The SMILES string of the molecule is Nc1cc(NC(=O)COCc2cccc(Br)c2)ccc1Cl. The summed E-state index contributed by atoms with van der Waals surface area (Å²) in [7, 11) is 0. The van der Waals surface area contributed by atoms with Gasteiger partial charge in [-0.25, -0.2) is 0 Å². The Morgan fingerprint density at radius 3 is 2.81 bits per heavy atom. The van der Waals surface area contributed by atoms with Crippen molar-refractivity contribution in [3.05, 3.63) is 57.5 Å². The van der Waals surface area contributed by atoms with E-state index in [1.165, 1.54) is 0 Å². The van der Waals surface area contributed by atoms with Gasteiger partial charge in [-0.05, 0) is 35.9 Å². The maximum absolute atomic E-state index is 11.7. The first kappa shape index (κ1) is 15.8. The first-order valence-electron chi connectivity index (χ1n) is 6.21. The Morgan fingerprint density at radius 1 is 1.29 bits per heavy atom. The Balaban J connectivity index is 1.81. The maximum atomic E-state index is 11.7. The Kier molecular flexibility index (Phi) is 5.61. The zero-order valence-corrected chi connectivity index (χ0v) is 13.4. The molecule has 0 heterocycles. The molecule has 110 valence electrons. The number of hydrogen-bond donors (Lipinski definition) is 2. The quantitative estimate of drug-likeness (QED) is 0.787. The summed E-state index contributed by atoms with van der Waals surface area (Å²) < 4.78 is 6.35. The fourth-order valence-corrected chi connectivity index (χ4v) is 2.27. The van der Waals surface area contributed by atoms with E-state index in [1.54, 1.807) is 18.2 Å². The highest BCUT2D eigenvalue weighted by Crippen LogP contribution is 2.22. The van der Waals surface area contributed by atoms with Gasteiger partial charge in [-0.15, -0.1) is 0 Å². The van der Waals surface area contributed by atoms with Crippen LogP contribution in [0.3, 0.4) is 0 Å². The minimum absolute atomic E-state index is 0.0327. The van der Waals surface area contributed by atoms with Crippen LogP contribution in [0.2, 0.25) is 5.02 Å². The number of ether oxygens (including phenoxy) is 1. The molecule has 0 fully saturated rings. The average molecular weight is 370 g/mol. The van der Waals surface area contributed by atoms with E-state index in [0.717, 1.165) is 10.0 Å². The Morgan fingerprint density at radius 2 is 2.10 bits per heavy atom. The molecule has 0 radical (unpaired) electrons. The van der Waals surface area contributed by atoms with Gasteiger partial charge in [-0.2, -0.15) is 0 Å². The molecule has 1 amide bonds. The summed E-state index contributed by atoms with van der Waals surface area (Å²) in [6, 6.07) is 12.6. The minimum Gasteiger partial charge on any atom is -0.397 e. The lowest BCUT2D eigenvalue weighted by Crippen LogP contribution is -2.18. The van der Waals surface area contributed by atoms with Crippen LogP contribution in [0, 0.1) is 0 Å². The molecule has 0 saturated heterocycles. The summed E-state index contributed by atoms with van der Waals surface area (Å²) in [4.78, 5) is 11.7. The Bertz CT molecular complexity index is 649. The molecule has 0 aromatic heterocycles. The van der Waals surface area contributed by atoms with Gasteiger partial charge in [0.15, 0.2) is 0 Å². The molecule has 3 N–H and O–H groups in total. The van der Waals surface area contributed by atoms with Gasteiger partial charge in [-0.3, -0.25) is 4.79 Å². The third-order valence-electron chi connectivity index (χ3n) is 2.67. The molecule has 0 bridgehead atoms. The van der Waals surface area contributed by atoms with Crippen LogP contribution < -0.4 is 11.1 Å². The summed E-state index contributed by atoms with van der Waals surface area (Å²) in [5.41, 5.74) is 7.67. The molecule has 4 nitrogen and oxygen atoms in total. The molecule has 0 atom stereocenters. The molecule has 0 aliphatic rings. The molecule has 2 aromatic carbocycles. The number of anilines is 2. The summed E-state index contributed by atoms with van der Waals surface area (Å²) in [6.45, 7) is 0.338. The Hall–Kier alpha value is -1.56. The standard InChI is InChI=1S/C15H14BrClN2O2/c16-11-3-1-2-10(6-11)8-21-9-15(20)19-12-4-5-13(17)14(18)7-12/h1-7H,8-9,18H2,(H,19,20). The van der Waals surface area contributed by atoms with Crippen LogP contribution in [0.1, 0.15) is 5.56 Å². The summed E-state index contributed by atoms with van der Waals surface area (Å²) in [5.74, 6) is -0.244. The van der Waals surface area contributed by atoms with Crippen LogP contribution in [0.5, 0.6) is 0 Å². The highest BCUT2D eigenvalue weighted by Gasteiger charge is 2.05. The molecular formula is C15H14BrClN2O2. The molecule has 0 aliphatic heterocycles. The third-order valence-corrected chi connectivity index (χ3v) is 3.51. The van der Waals surface area contributed by atoms with Gasteiger partial charge in [0.1, 0.15) is 6.61 Å². The van der Waals surface area contributed by atoms with Gasteiger partial charge < -0.3 is 15.8 Å². The van der Waals surface area contributed by atoms with Crippen molar-refractivity contribution in [1.82, 2.24) is 0 Å². The van der Waals surface area contributed by atoms with Crippen molar-refractivity contribution in [1.29, 1.82) is 0 Å². The van der Waals surface area contributed by atoms with Crippen molar-refractivity contribution in [2.75, 3.05) is 17.7 Å².